The summed E-state index contributed by atoms with van der Waals surface area (Å²) in [6.45, 7) is 4.85. The SMILES string of the molecule is CC1=NN(c2ccc(C(=O)N[C@H](C)c3ccccn3)cc2)CC1. The molecule has 1 aromatic heterocycles. The number of pyridine rings is 1. The monoisotopic (exact) mass is 308 g/mol. The molecule has 23 heavy (non-hydrogen) atoms. The van der Waals surface area contributed by atoms with Crippen LogP contribution < -0.4 is 10.3 Å². The first-order valence-electron chi connectivity index (χ1n) is 7.77. The van der Waals surface area contributed by atoms with Gasteiger partial charge in [-0.2, -0.15) is 5.10 Å². The summed E-state index contributed by atoms with van der Waals surface area (Å²) in [7, 11) is 0. The molecule has 5 heteroatoms. The van der Waals surface area contributed by atoms with Crippen LogP contribution in [0.4, 0.5) is 5.69 Å². The van der Waals surface area contributed by atoms with Crippen molar-refractivity contribution in [2.45, 2.75) is 26.3 Å². The Bertz CT molecular complexity index is 710. The molecule has 1 aromatic carbocycles. The van der Waals surface area contributed by atoms with Crippen molar-refractivity contribution in [2.24, 2.45) is 5.10 Å². The van der Waals surface area contributed by atoms with Gasteiger partial charge >= 0.3 is 0 Å². The van der Waals surface area contributed by atoms with E-state index >= 15 is 0 Å². The lowest BCUT2D eigenvalue weighted by atomic mass is 10.1. The zero-order chi connectivity index (χ0) is 16.2. The second-order valence-electron chi connectivity index (χ2n) is 5.71. The van der Waals surface area contributed by atoms with Crippen molar-refractivity contribution in [3.8, 4) is 0 Å². The van der Waals surface area contributed by atoms with Crippen LogP contribution in [0.2, 0.25) is 0 Å². The first-order chi connectivity index (χ1) is 11.1. The minimum atomic E-state index is -0.130. The van der Waals surface area contributed by atoms with Gasteiger partial charge in [0.1, 0.15) is 0 Å². The number of carbonyl (C=O) groups excluding carboxylic acids is 1. The standard InChI is InChI=1S/C18H20N4O/c1-13-10-12-22(21-13)16-8-6-15(7-9-16)18(23)20-14(2)17-5-3-4-11-19-17/h3-9,11,14H,10,12H2,1-2H3,(H,20,23)/t14-/m1/s1. The Morgan fingerprint density at radius 1 is 1.22 bits per heavy atom. The molecule has 2 aromatic rings. The van der Waals surface area contributed by atoms with E-state index in [4.69, 9.17) is 0 Å². The molecule has 1 aliphatic heterocycles. The molecule has 0 aliphatic carbocycles. The molecule has 5 nitrogen and oxygen atoms in total. The van der Waals surface area contributed by atoms with Gasteiger partial charge in [-0.1, -0.05) is 6.07 Å². The minimum absolute atomic E-state index is 0.101. The molecule has 1 amide bonds. The van der Waals surface area contributed by atoms with Crippen molar-refractivity contribution >= 4 is 17.3 Å². The van der Waals surface area contributed by atoms with Crippen LogP contribution in [0.15, 0.2) is 53.8 Å². The average molecular weight is 308 g/mol. The molecule has 0 bridgehead atoms. The molecule has 0 saturated heterocycles. The highest BCUT2D eigenvalue weighted by molar-refractivity contribution is 5.94. The van der Waals surface area contributed by atoms with Gasteiger partial charge in [0.15, 0.2) is 0 Å². The van der Waals surface area contributed by atoms with Crippen LogP contribution in [0.5, 0.6) is 0 Å². The van der Waals surface area contributed by atoms with E-state index in [2.05, 4.69) is 15.4 Å². The van der Waals surface area contributed by atoms with E-state index in [1.165, 1.54) is 0 Å². The number of hydrazone groups is 1. The van der Waals surface area contributed by atoms with Gasteiger partial charge in [-0.05, 0) is 50.2 Å². The Labute approximate surface area is 136 Å². The predicted molar refractivity (Wildman–Crippen MR) is 91.6 cm³/mol. The Balaban J connectivity index is 1.66. The molecule has 0 unspecified atom stereocenters. The smallest absolute Gasteiger partial charge is 0.251 e. The molecule has 0 radical (unpaired) electrons. The lowest BCUT2D eigenvalue weighted by Gasteiger charge is -2.15. The summed E-state index contributed by atoms with van der Waals surface area (Å²) in [6, 6.07) is 13.1. The molecular weight excluding hydrogens is 288 g/mol. The van der Waals surface area contributed by atoms with E-state index < -0.39 is 0 Å². The van der Waals surface area contributed by atoms with E-state index in [-0.39, 0.29) is 11.9 Å². The van der Waals surface area contributed by atoms with E-state index in [0.29, 0.717) is 5.56 Å². The van der Waals surface area contributed by atoms with Crippen molar-refractivity contribution < 1.29 is 4.79 Å². The molecular formula is C18H20N4O. The Kier molecular flexibility index (Phi) is 4.37. The van der Waals surface area contributed by atoms with Crippen LogP contribution in [0, 0.1) is 0 Å². The molecule has 0 saturated carbocycles. The third kappa shape index (κ3) is 3.56. The maximum atomic E-state index is 12.3. The van der Waals surface area contributed by atoms with E-state index in [1.54, 1.807) is 6.20 Å². The average Bonchev–Trinajstić information content (AvgIpc) is 3.02. The van der Waals surface area contributed by atoms with Gasteiger partial charge in [0.05, 0.1) is 17.4 Å². The van der Waals surface area contributed by atoms with Crippen LogP contribution in [-0.4, -0.2) is 23.1 Å². The number of aromatic nitrogens is 1. The molecule has 0 fully saturated rings. The van der Waals surface area contributed by atoms with Crippen molar-refractivity contribution in [2.75, 3.05) is 11.6 Å². The van der Waals surface area contributed by atoms with Gasteiger partial charge in [0.2, 0.25) is 0 Å². The predicted octanol–water partition coefficient (Wildman–Crippen LogP) is 3.16. The van der Waals surface area contributed by atoms with Crippen LogP contribution in [0.1, 0.15) is 42.4 Å². The highest BCUT2D eigenvalue weighted by Gasteiger charge is 2.15. The molecule has 2 heterocycles. The summed E-state index contributed by atoms with van der Waals surface area (Å²) >= 11 is 0. The molecule has 1 N–H and O–H groups in total. The second-order valence-corrected chi connectivity index (χ2v) is 5.71. The first kappa shape index (κ1) is 15.2. The Hall–Kier alpha value is -2.69. The fourth-order valence-corrected chi connectivity index (χ4v) is 2.53. The maximum absolute atomic E-state index is 12.3. The number of anilines is 1. The summed E-state index contributed by atoms with van der Waals surface area (Å²) in [6.07, 6.45) is 2.72. The summed E-state index contributed by atoms with van der Waals surface area (Å²) in [5.41, 5.74) is 3.63. The van der Waals surface area contributed by atoms with Crippen LogP contribution in [0.25, 0.3) is 0 Å². The highest BCUT2D eigenvalue weighted by Crippen LogP contribution is 2.20. The lowest BCUT2D eigenvalue weighted by molar-refractivity contribution is 0.0939. The quantitative estimate of drug-likeness (QED) is 0.944. The number of hydrogen-bond donors (Lipinski definition) is 1. The number of nitrogens with zero attached hydrogens (tertiary/aromatic N) is 3. The first-order valence-corrected chi connectivity index (χ1v) is 7.77. The zero-order valence-corrected chi connectivity index (χ0v) is 13.4. The van der Waals surface area contributed by atoms with Gasteiger partial charge < -0.3 is 5.32 Å². The maximum Gasteiger partial charge on any atom is 0.251 e. The minimum Gasteiger partial charge on any atom is -0.344 e. The number of hydrogen-bond acceptors (Lipinski definition) is 4. The molecule has 118 valence electrons. The molecule has 1 aliphatic rings. The Morgan fingerprint density at radius 2 is 2.00 bits per heavy atom. The number of amides is 1. The molecule has 0 spiro atoms. The normalized spacial score (nSPS) is 15.2. The van der Waals surface area contributed by atoms with Crippen molar-refractivity contribution in [3.05, 3.63) is 59.9 Å². The number of benzene rings is 1. The van der Waals surface area contributed by atoms with Gasteiger partial charge in [0.25, 0.3) is 5.91 Å². The fraction of sp³-hybridized carbons (Fsp3) is 0.278. The van der Waals surface area contributed by atoms with E-state index in [9.17, 15) is 4.79 Å². The molecule has 3 rings (SSSR count). The Morgan fingerprint density at radius 3 is 2.61 bits per heavy atom. The van der Waals surface area contributed by atoms with Crippen molar-refractivity contribution in [1.29, 1.82) is 0 Å². The summed E-state index contributed by atoms with van der Waals surface area (Å²) in [4.78, 5) is 16.6. The zero-order valence-electron chi connectivity index (χ0n) is 13.4. The lowest BCUT2D eigenvalue weighted by Crippen LogP contribution is -2.27. The van der Waals surface area contributed by atoms with Gasteiger partial charge in [-0.3, -0.25) is 14.8 Å². The third-order valence-electron chi connectivity index (χ3n) is 3.88. The van der Waals surface area contributed by atoms with Crippen LogP contribution >= 0.6 is 0 Å². The summed E-state index contributed by atoms with van der Waals surface area (Å²) < 4.78 is 0. The fourth-order valence-electron chi connectivity index (χ4n) is 2.53. The van der Waals surface area contributed by atoms with Crippen molar-refractivity contribution in [1.82, 2.24) is 10.3 Å². The third-order valence-corrected chi connectivity index (χ3v) is 3.88. The van der Waals surface area contributed by atoms with Crippen LogP contribution in [-0.2, 0) is 0 Å². The summed E-state index contributed by atoms with van der Waals surface area (Å²) in [5, 5.41) is 9.39. The highest BCUT2D eigenvalue weighted by atomic mass is 16.1. The van der Waals surface area contributed by atoms with Crippen molar-refractivity contribution in [3.63, 3.8) is 0 Å². The van der Waals surface area contributed by atoms with E-state index in [1.807, 2.05) is 61.3 Å². The second kappa shape index (κ2) is 6.60. The van der Waals surface area contributed by atoms with E-state index in [0.717, 1.165) is 30.1 Å². The number of nitrogens with one attached hydrogen (secondary N) is 1. The molecule has 1 atom stereocenters. The van der Waals surface area contributed by atoms with Crippen LogP contribution in [0.3, 0.4) is 0 Å². The van der Waals surface area contributed by atoms with Gasteiger partial charge in [0, 0.05) is 30.4 Å². The summed E-state index contributed by atoms with van der Waals surface area (Å²) in [5.74, 6) is -0.101. The van der Waals surface area contributed by atoms with Gasteiger partial charge in [-0.25, -0.2) is 0 Å². The van der Waals surface area contributed by atoms with Gasteiger partial charge in [-0.15, -0.1) is 0 Å². The number of carbonyl (C=O) groups is 1. The number of rotatable bonds is 4. The largest absolute Gasteiger partial charge is 0.344 e. The topological polar surface area (TPSA) is 57.6 Å².